The number of para-hydroxylation sites is 1. The van der Waals surface area contributed by atoms with Crippen molar-refractivity contribution >= 4 is 12.0 Å². The second-order valence-electron chi connectivity index (χ2n) is 7.73. The summed E-state index contributed by atoms with van der Waals surface area (Å²) < 4.78 is 27.3. The minimum absolute atomic E-state index is 0.0391. The average Bonchev–Trinajstić information content (AvgIpc) is 2.90. The van der Waals surface area contributed by atoms with Crippen LogP contribution in [0.3, 0.4) is 0 Å². The van der Waals surface area contributed by atoms with Crippen LogP contribution in [0.5, 0.6) is 28.7 Å². The Kier molecular flexibility index (Phi) is 7.12. The summed E-state index contributed by atoms with van der Waals surface area (Å²) in [4.78, 5) is 12.4. The first-order valence-corrected chi connectivity index (χ1v) is 11.0. The van der Waals surface area contributed by atoms with E-state index in [-0.39, 0.29) is 17.2 Å². The van der Waals surface area contributed by atoms with E-state index in [2.05, 4.69) is 6.07 Å². The van der Waals surface area contributed by atoms with Crippen LogP contribution in [0.15, 0.2) is 78.2 Å². The molecule has 0 saturated heterocycles. The summed E-state index contributed by atoms with van der Waals surface area (Å²) in [7, 11) is 4.66. The second-order valence-corrected chi connectivity index (χ2v) is 7.73. The molecular weight excluding hydrogens is 460 g/mol. The molecule has 0 aliphatic carbocycles. The fraction of sp³-hybridized carbons (Fsp3) is 0.143. The van der Waals surface area contributed by atoms with Crippen LogP contribution in [0.25, 0.3) is 6.08 Å². The Morgan fingerprint density at radius 3 is 2.39 bits per heavy atom. The Hall–Kier alpha value is -4.90. The maximum absolute atomic E-state index is 12.4. The highest BCUT2D eigenvalue weighted by molar-refractivity contribution is 5.88. The van der Waals surface area contributed by atoms with E-state index in [1.807, 2.05) is 24.3 Å². The number of esters is 1. The molecule has 8 nitrogen and oxygen atoms in total. The lowest BCUT2D eigenvalue weighted by molar-refractivity contribution is -0.128. The van der Waals surface area contributed by atoms with Gasteiger partial charge >= 0.3 is 5.97 Å². The maximum atomic E-state index is 12.4. The number of fused-ring (bicyclic) bond motifs is 1. The van der Waals surface area contributed by atoms with E-state index in [1.165, 1.54) is 13.2 Å². The van der Waals surface area contributed by atoms with Crippen molar-refractivity contribution in [2.24, 2.45) is 5.73 Å². The number of methoxy groups -OCH3 is 3. The zero-order chi connectivity index (χ0) is 25.7. The number of nitrogens with zero attached hydrogens (tertiary/aromatic N) is 1. The van der Waals surface area contributed by atoms with Gasteiger partial charge in [0, 0.05) is 23.3 Å². The topological polar surface area (TPSA) is 113 Å². The molecule has 0 aromatic heterocycles. The molecule has 0 amide bonds. The Morgan fingerprint density at radius 2 is 1.72 bits per heavy atom. The van der Waals surface area contributed by atoms with E-state index < -0.39 is 11.9 Å². The molecule has 1 aliphatic heterocycles. The highest BCUT2D eigenvalue weighted by atomic mass is 16.5. The van der Waals surface area contributed by atoms with Crippen molar-refractivity contribution in [2.45, 2.75) is 5.92 Å². The number of ether oxygens (including phenoxy) is 5. The SMILES string of the molecule is COc1ccc(/C=C/C(=O)Oc2ccc3c(c2)OC(N)=C(C#N)C3c2cccc(OC)c2OC)cc1. The Labute approximate surface area is 208 Å². The van der Waals surface area contributed by atoms with Gasteiger partial charge in [-0.3, -0.25) is 0 Å². The van der Waals surface area contributed by atoms with E-state index >= 15 is 0 Å². The van der Waals surface area contributed by atoms with Crippen molar-refractivity contribution in [2.75, 3.05) is 21.3 Å². The van der Waals surface area contributed by atoms with Crippen LogP contribution in [-0.2, 0) is 4.79 Å². The molecule has 182 valence electrons. The lowest BCUT2D eigenvalue weighted by atomic mass is 9.83. The van der Waals surface area contributed by atoms with Crippen molar-refractivity contribution in [3.8, 4) is 34.8 Å². The van der Waals surface area contributed by atoms with Gasteiger partial charge in [-0.2, -0.15) is 5.26 Å². The molecule has 4 rings (SSSR count). The van der Waals surface area contributed by atoms with Gasteiger partial charge in [0.05, 0.1) is 27.2 Å². The first kappa shape index (κ1) is 24.2. The van der Waals surface area contributed by atoms with Crippen molar-refractivity contribution in [1.29, 1.82) is 5.26 Å². The van der Waals surface area contributed by atoms with Crippen LogP contribution in [0.4, 0.5) is 0 Å². The van der Waals surface area contributed by atoms with Gasteiger partial charge < -0.3 is 29.4 Å². The molecule has 1 atom stereocenters. The van der Waals surface area contributed by atoms with Gasteiger partial charge in [0.2, 0.25) is 5.88 Å². The Bertz CT molecular complexity index is 1390. The number of hydrogen-bond acceptors (Lipinski definition) is 8. The number of rotatable bonds is 7. The third-order valence-electron chi connectivity index (χ3n) is 5.68. The monoisotopic (exact) mass is 484 g/mol. The van der Waals surface area contributed by atoms with Gasteiger partial charge in [-0.15, -0.1) is 0 Å². The number of hydrogen-bond donors (Lipinski definition) is 1. The molecule has 1 unspecified atom stereocenters. The van der Waals surface area contributed by atoms with Crippen molar-refractivity contribution in [3.63, 3.8) is 0 Å². The molecule has 0 fully saturated rings. The Morgan fingerprint density at radius 1 is 0.972 bits per heavy atom. The van der Waals surface area contributed by atoms with E-state index in [0.29, 0.717) is 28.4 Å². The van der Waals surface area contributed by atoms with Crippen LogP contribution >= 0.6 is 0 Å². The van der Waals surface area contributed by atoms with Crippen molar-refractivity contribution in [1.82, 2.24) is 0 Å². The summed E-state index contributed by atoms with van der Waals surface area (Å²) in [5.74, 6) is 1.20. The minimum Gasteiger partial charge on any atom is -0.497 e. The molecular formula is C28H24N2O6. The van der Waals surface area contributed by atoms with Crippen LogP contribution in [-0.4, -0.2) is 27.3 Å². The number of benzene rings is 3. The normalized spacial score (nSPS) is 14.4. The smallest absolute Gasteiger partial charge is 0.336 e. The van der Waals surface area contributed by atoms with Gasteiger partial charge in [-0.1, -0.05) is 30.3 Å². The summed E-state index contributed by atoms with van der Waals surface area (Å²) in [6, 6.07) is 19.7. The fourth-order valence-electron chi connectivity index (χ4n) is 3.99. The first-order valence-electron chi connectivity index (χ1n) is 11.0. The van der Waals surface area contributed by atoms with Crippen LogP contribution in [0.2, 0.25) is 0 Å². The van der Waals surface area contributed by atoms with Gasteiger partial charge in [0.15, 0.2) is 11.5 Å². The molecule has 2 N–H and O–H groups in total. The average molecular weight is 485 g/mol. The molecule has 36 heavy (non-hydrogen) atoms. The van der Waals surface area contributed by atoms with Gasteiger partial charge in [0.25, 0.3) is 0 Å². The first-order chi connectivity index (χ1) is 17.5. The molecule has 0 saturated carbocycles. The molecule has 3 aromatic carbocycles. The molecule has 8 heteroatoms. The quantitative estimate of drug-likeness (QED) is 0.295. The molecule has 1 aliphatic rings. The maximum Gasteiger partial charge on any atom is 0.336 e. The molecule has 3 aromatic rings. The number of allylic oxidation sites excluding steroid dienone is 1. The minimum atomic E-state index is -0.566. The lowest BCUT2D eigenvalue weighted by Gasteiger charge is -2.28. The molecule has 0 bridgehead atoms. The van der Waals surface area contributed by atoms with Gasteiger partial charge in [0.1, 0.15) is 28.9 Å². The van der Waals surface area contributed by atoms with E-state index in [0.717, 1.165) is 11.3 Å². The van der Waals surface area contributed by atoms with Crippen LogP contribution < -0.4 is 29.4 Å². The molecule has 0 radical (unpaired) electrons. The number of nitriles is 1. The molecule has 1 heterocycles. The number of carbonyl (C=O) groups excluding carboxylic acids is 1. The number of carbonyl (C=O) groups is 1. The van der Waals surface area contributed by atoms with Gasteiger partial charge in [-0.25, -0.2) is 4.79 Å². The summed E-state index contributed by atoms with van der Waals surface area (Å²) in [6.45, 7) is 0. The second kappa shape index (κ2) is 10.6. The third kappa shape index (κ3) is 4.81. The zero-order valence-electron chi connectivity index (χ0n) is 20.0. The standard InChI is InChI=1S/C28H24N2O6/c1-32-18-10-7-17(8-11-18)9-14-25(31)35-19-12-13-20-24(15-19)36-28(30)22(16-29)26(20)21-5-4-6-23(33-2)27(21)34-3/h4-15,26H,30H2,1-3H3/b14-9+. The summed E-state index contributed by atoms with van der Waals surface area (Å²) in [6.07, 6.45) is 2.97. The largest absolute Gasteiger partial charge is 0.497 e. The lowest BCUT2D eigenvalue weighted by Crippen LogP contribution is -2.21. The van der Waals surface area contributed by atoms with E-state index in [1.54, 1.807) is 56.7 Å². The predicted molar refractivity (Wildman–Crippen MR) is 133 cm³/mol. The summed E-state index contributed by atoms with van der Waals surface area (Å²) >= 11 is 0. The van der Waals surface area contributed by atoms with E-state index in [4.69, 9.17) is 29.4 Å². The zero-order valence-corrected chi connectivity index (χ0v) is 20.0. The van der Waals surface area contributed by atoms with Crippen LogP contribution in [0.1, 0.15) is 22.6 Å². The predicted octanol–water partition coefficient (Wildman–Crippen LogP) is 4.55. The van der Waals surface area contributed by atoms with Gasteiger partial charge in [-0.05, 0) is 35.9 Å². The van der Waals surface area contributed by atoms with Crippen molar-refractivity contribution in [3.05, 3.63) is 94.9 Å². The van der Waals surface area contributed by atoms with Crippen molar-refractivity contribution < 1.29 is 28.5 Å². The van der Waals surface area contributed by atoms with E-state index in [9.17, 15) is 10.1 Å². The number of nitrogens with two attached hydrogens (primary N) is 1. The summed E-state index contributed by atoms with van der Waals surface area (Å²) in [5, 5.41) is 9.84. The third-order valence-corrected chi connectivity index (χ3v) is 5.68. The summed E-state index contributed by atoms with van der Waals surface area (Å²) in [5.41, 5.74) is 8.52. The van der Waals surface area contributed by atoms with Crippen LogP contribution in [0, 0.1) is 11.3 Å². The fourth-order valence-corrected chi connectivity index (χ4v) is 3.99. The highest BCUT2D eigenvalue weighted by Crippen LogP contribution is 2.47. The Balaban J connectivity index is 1.63. The molecule has 0 spiro atoms. The highest BCUT2D eigenvalue weighted by Gasteiger charge is 2.33.